The van der Waals surface area contributed by atoms with Gasteiger partial charge in [-0.1, -0.05) is 30.0 Å². The number of carbonyl (C=O) groups excluding carboxylic acids is 4. The second-order valence-corrected chi connectivity index (χ2v) is 9.60. The summed E-state index contributed by atoms with van der Waals surface area (Å²) in [5.74, 6) is -4.77. The maximum Gasteiger partial charge on any atom is 0.337 e. The number of carbonyl (C=O) groups is 4. The van der Waals surface area contributed by atoms with Gasteiger partial charge in [0.05, 0.1) is 47.9 Å². The van der Waals surface area contributed by atoms with Crippen LogP contribution in [0.4, 0.5) is 5.69 Å². The lowest BCUT2D eigenvalue weighted by atomic mass is 9.78. The van der Waals surface area contributed by atoms with E-state index >= 15 is 0 Å². The highest BCUT2D eigenvalue weighted by molar-refractivity contribution is 9.10. The first kappa shape index (κ1) is 27.0. The van der Waals surface area contributed by atoms with Crippen molar-refractivity contribution in [2.45, 2.75) is 12.8 Å². The van der Waals surface area contributed by atoms with Crippen LogP contribution in [0.25, 0.3) is 0 Å². The number of esters is 2. The average molecular weight is 572 g/mol. The van der Waals surface area contributed by atoms with E-state index in [2.05, 4.69) is 32.6 Å². The van der Waals surface area contributed by atoms with Gasteiger partial charge in [-0.05, 0) is 58.2 Å². The number of nitrogens with one attached hydrogen (secondary N) is 2. The molecule has 1 heterocycles. The molecule has 2 N–H and O–H groups in total. The number of hydrogen-bond donors (Lipinski definition) is 2. The van der Waals surface area contributed by atoms with Crippen molar-refractivity contribution >= 4 is 57.1 Å². The van der Waals surface area contributed by atoms with Crippen molar-refractivity contribution in [1.29, 1.82) is 5.26 Å². The van der Waals surface area contributed by atoms with Crippen LogP contribution < -0.4 is 10.6 Å². The lowest BCUT2D eigenvalue weighted by Gasteiger charge is -2.31. The summed E-state index contributed by atoms with van der Waals surface area (Å²) < 4.78 is 10.2. The molecule has 3 rings (SSSR count). The van der Waals surface area contributed by atoms with Crippen LogP contribution in [0.1, 0.15) is 27.4 Å². The summed E-state index contributed by atoms with van der Waals surface area (Å²) in [5, 5.41) is 15.5. The number of ether oxygens (including phenoxy) is 2. The molecule has 0 saturated heterocycles. The molecule has 9 nitrogen and oxygen atoms in total. The molecule has 0 radical (unpaired) electrons. The van der Waals surface area contributed by atoms with Crippen LogP contribution in [0.2, 0.25) is 0 Å². The molecular weight excluding hydrogens is 550 g/mol. The summed E-state index contributed by atoms with van der Waals surface area (Å²) >= 11 is 4.38. The Morgan fingerprint density at radius 3 is 2.42 bits per heavy atom. The minimum Gasteiger partial charge on any atom is -0.468 e. The zero-order chi connectivity index (χ0) is 26.4. The van der Waals surface area contributed by atoms with Gasteiger partial charge in [-0.25, -0.2) is 4.79 Å². The second kappa shape index (κ2) is 11.9. The van der Waals surface area contributed by atoms with Gasteiger partial charge in [0, 0.05) is 10.4 Å². The molecule has 36 heavy (non-hydrogen) atoms. The molecule has 0 fully saturated rings. The Morgan fingerprint density at radius 1 is 1.14 bits per heavy atom. The van der Waals surface area contributed by atoms with E-state index in [4.69, 9.17) is 9.47 Å². The highest BCUT2D eigenvalue weighted by atomic mass is 79.9. The smallest absolute Gasteiger partial charge is 0.337 e. The first-order chi connectivity index (χ1) is 17.2. The van der Waals surface area contributed by atoms with E-state index in [0.29, 0.717) is 11.3 Å². The van der Waals surface area contributed by atoms with Crippen LogP contribution in [-0.2, 0) is 23.9 Å². The largest absolute Gasteiger partial charge is 0.468 e. The molecule has 11 heteroatoms. The third kappa shape index (κ3) is 5.95. The topological polar surface area (TPSA) is 135 Å². The molecule has 0 unspecified atom stereocenters. The predicted molar refractivity (Wildman–Crippen MR) is 137 cm³/mol. The summed E-state index contributed by atoms with van der Waals surface area (Å²) in [6.45, 7) is 1.93. The van der Waals surface area contributed by atoms with Gasteiger partial charge < -0.3 is 20.1 Å². The van der Waals surface area contributed by atoms with E-state index in [1.165, 1.54) is 19.2 Å². The Hall–Kier alpha value is -3.62. The number of aryl methyl sites for hydroxylation is 1. The Labute approximate surface area is 220 Å². The van der Waals surface area contributed by atoms with Gasteiger partial charge >= 0.3 is 11.9 Å². The van der Waals surface area contributed by atoms with Crippen molar-refractivity contribution in [1.82, 2.24) is 5.32 Å². The first-order valence-corrected chi connectivity index (χ1v) is 12.4. The van der Waals surface area contributed by atoms with Gasteiger partial charge in [-0.2, -0.15) is 5.26 Å². The normalized spacial score (nSPS) is 17.0. The maximum atomic E-state index is 12.9. The van der Waals surface area contributed by atoms with E-state index in [9.17, 15) is 24.4 Å². The molecule has 2 aromatic carbocycles. The number of nitriles is 1. The zero-order valence-corrected chi connectivity index (χ0v) is 22.0. The molecule has 2 amide bonds. The SMILES string of the molecule is COC(=O)c1ccc([C@@H]2C(C#N)=C(SCC(=O)Nc3ccc(C)cc3Br)NC(=O)[C@H]2C(=O)OC)cc1. The molecule has 186 valence electrons. The Morgan fingerprint density at radius 2 is 1.83 bits per heavy atom. The van der Waals surface area contributed by atoms with Crippen molar-refractivity contribution < 1.29 is 28.7 Å². The standard InChI is InChI=1S/C25H22BrN3O6S/c1-13-4-9-18(17(26)10-13)28-19(30)12-36-23-16(11-27)20(21(22(31)29-23)25(33)35-3)14-5-7-15(8-6-14)24(32)34-2/h4-10,20-21H,12H2,1-3H3,(H,28,30)(H,29,31)/t20-,21+/m1/s1. The minimum atomic E-state index is -1.32. The van der Waals surface area contributed by atoms with E-state index in [1.54, 1.807) is 18.2 Å². The third-order valence-corrected chi connectivity index (χ3v) is 7.09. The number of rotatable bonds is 7. The number of thioether (sulfide) groups is 1. The lowest BCUT2D eigenvalue weighted by molar-refractivity contribution is -0.150. The van der Waals surface area contributed by atoms with Gasteiger partial charge in [-0.15, -0.1) is 0 Å². The third-order valence-electron chi connectivity index (χ3n) is 5.42. The fourth-order valence-corrected chi connectivity index (χ4v) is 5.11. The summed E-state index contributed by atoms with van der Waals surface area (Å²) in [6.07, 6.45) is 0. The number of anilines is 1. The fourth-order valence-electron chi connectivity index (χ4n) is 3.67. The van der Waals surface area contributed by atoms with Crippen LogP contribution in [-0.4, -0.2) is 43.7 Å². The number of allylic oxidation sites excluding steroid dienone is 1. The molecule has 1 aliphatic heterocycles. The van der Waals surface area contributed by atoms with E-state index in [0.717, 1.165) is 28.9 Å². The molecule has 0 bridgehead atoms. The molecule has 0 aliphatic carbocycles. The van der Waals surface area contributed by atoms with Crippen molar-refractivity contribution in [2.24, 2.45) is 5.92 Å². The van der Waals surface area contributed by atoms with Crippen LogP contribution >= 0.6 is 27.7 Å². The molecule has 0 saturated carbocycles. The summed E-state index contributed by atoms with van der Waals surface area (Å²) in [7, 11) is 2.41. The monoisotopic (exact) mass is 571 g/mol. The van der Waals surface area contributed by atoms with Crippen LogP contribution in [0.3, 0.4) is 0 Å². The summed E-state index contributed by atoms with van der Waals surface area (Å²) in [6, 6.07) is 13.6. The maximum absolute atomic E-state index is 12.9. The number of methoxy groups -OCH3 is 2. The molecule has 2 aromatic rings. The molecule has 0 spiro atoms. The van der Waals surface area contributed by atoms with Gasteiger partial charge in [-0.3, -0.25) is 14.4 Å². The molecular formula is C25H22BrN3O6S. The van der Waals surface area contributed by atoms with Gasteiger partial charge in [0.1, 0.15) is 5.92 Å². The fraction of sp³-hybridized carbons (Fsp3) is 0.240. The van der Waals surface area contributed by atoms with Crippen LogP contribution in [0, 0.1) is 24.2 Å². The number of benzene rings is 2. The lowest BCUT2D eigenvalue weighted by Crippen LogP contribution is -2.44. The summed E-state index contributed by atoms with van der Waals surface area (Å²) in [4.78, 5) is 49.8. The number of hydrogen-bond acceptors (Lipinski definition) is 8. The van der Waals surface area contributed by atoms with E-state index in [-0.39, 0.29) is 27.8 Å². The van der Waals surface area contributed by atoms with Crippen molar-refractivity contribution in [3.8, 4) is 6.07 Å². The Bertz CT molecular complexity index is 1290. The van der Waals surface area contributed by atoms with E-state index in [1.807, 2.05) is 19.1 Å². The van der Waals surface area contributed by atoms with Gasteiger partial charge in [0.2, 0.25) is 11.8 Å². The number of nitrogens with zero attached hydrogens (tertiary/aromatic N) is 1. The Balaban J connectivity index is 1.91. The first-order valence-electron chi connectivity index (χ1n) is 10.6. The second-order valence-electron chi connectivity index (χ2n) is 7.76. The summed E-state index contributed by atoms with van der Waals surface area (Å²) in [5.41, 5.74) is 2.43. The zero-order valence-electron chi connectivity index (χ0n) is 19.6. The predicted octanol–water partition coefficient (Wildman–Crippen LogP) is 3.65. The van der Waals surface area contributed by atoms with Crippen molar-refractivity contribution in [3.63, 3.8) is 0 Å². The quantitative estimate of drug-likeness (QED) is 0.379. The molecule has 1 aliphatic rings. The molecule has 2 atom stereocenters. The van der Waals surface area contributed by atoms with Crippen molar-refractivity contribution in [3.05, 3.63) is 74.2 Å². The van der Waals surface area contributed by atoms with Crippen LogP contribution in [0.15, 0.2) is 57.5 Å². The number of amides is 2. The van der Waals surface area contributed by atoms with E-state index < -0.39 is 29.7 Å². The number of halogens is 1. The highest BCUT2D eigenvalue weighted by Gasteiger charge is 2.44. The highest BCUT2D eigenvalue weighted by Crippen LogP contribution is 2.40. The van der Waals surface area contributed by atoms with Crippen LogP contribution in [0.5, 0.6) is 0 Å². The van der Waals surface area contributed by atoms with Gasteiger partial charge in [0.15, 0.2) is 0 Å². The minimum absolute atomic E-state index is 0.0992. The van der Waals surface area contributed by atoms with Crippen molar-refractivity contribution in [2.75, 3.05) is 25.3 Å². The molecule has 0 aromatic heterocycles. The average Bonchev–Trinajstić information content (AvgIpc) is 2.87. The Kier molecular flexibility index (Phi) is 8.90. The van der Waals surface area contributed by atoms with Gasteiger partial charge in [0.25, 0.3) is 0 Å².